The van der Waals surface area contributed by atoms with Gasteiger partial charge in [0.25, 0.3) is 5.70 Å². The molecule has 1 atom stereocenters. The molecule has 0 fully saturated rings. The highest BCUT2D eigenvalue weighted by Crippen LogP contribution is 2.44. The quantitative estimate of drug-likeness (QED) is 0.421. The Morgan fingerprint density at radius 2 is 2.00 bits per heavy atom. The van der Waals surface area contributed by atoms with Crippen LogP contribution in [-0.4, -0.2) is 18.6 Å². The zero-order chi connectivity index (χ0) is 18.8. The zero-order valence-electron chi connectivity index (χ0n) is 14.0. The van der Waals surface area contributed by atoms with Crippen molar-refractivity contribution in [3.63, 3.8) is 0 Å². The largest absolute Gasteiger partial charge is 0.493 e. The SMILES string of the molecule is CCOc1ccc([C@@H]2Oc3c(Br)cc(Br)cc3C=C2[N+](=O)[O-])cc1OC. The molecule has 1 aliphatic heterocycles. The highest BCUT2D eigenvalue weighted by atomic mass is 79.9. The van der Waals surface area contributed by atoms with E-state index in [9.17, 15) is 10.1 Å². The maximum atomic E-state index is 11.6. The molecular weight excluding hydrogens is 470 g/mol. The minimum atomic E-state index is -0.862. The lowest BCUT2D eigenvalue weighted by molar-refractivity contribution is -0.434. The second-order valence-electron chi connectivity index (χ2n) is 5.47. The number of benzene rings is 2. The van der Waals surface area contributed by atoms with Crippen molar-refractivity contribution in [2.24, 2.45) is 0 Å². The molecule has 0 spiro atoms. The van der Waals surface area contributed by atoms with Gasteiger partial charge in [-0.1, -0.05) is 22.0 Å². The van der Waals surface area contributed by atoms with E-state index in [0.717, 1.165) is 4.47 Å². The van der Waals surface area contributed by atoms with Gasteiger partial charge < -0.3 is 14.2 Å². The topological polar surface area (TPSA) is 70.8 Å². The van der Waals surface area contributed by atoms with Crippen molar-refractivity contribution >= 4 is 37.9 Å². The average Bonchev–Trinajstić information content (AvgIpc) is 2.61. The summed E-state index contributed by atoms with van der Waals surface area (Å²) in [5.74, 6) is 1.62. The van der Waals surface area contributed by atoms with E-state index < -0.39 is 11.0 Å². The Hall–Kier alpha value is -2.06. The van der Waals surface area contributed by atoms with Crippen LogP contribution in [0.4, 0.5) is 0 Å². The molecule has 0 N–H and O–H groups in total. The third-order valence-electron chi connectivity index (χ3n) is 3.85. The molecular formula is C18H15Br2NO5. The van der Waals surface area contributed by atoms with Gasteiger partial charge in [-0.15, -0.1) is 0 Å². The molecule has 0 aliphatic carbocycles. The van der Waals surface area contributed by atoms with Gasteiger partial charge in [-0.25, -0.2) is 0 Å². The van der Waals surface area contributed by atoms with E-state index in [2.05, 4.69) is 31.9 Å². The Labute approximate surface area is 167 Å². The standard InChI is InChI=1S/C18H15Br2NO5/c1-3-25-15-5-4-10(8-16(15)24-2)18-14(21(22)23)7-11-6-12(19)9-13(20)17(11)26-18/h4-9,18H,3H2,1-2H3/t18-/m0/s1. The molecule has 6 nitrogen and oxygen atoms in total. The van der Waals surface area contributed by atoms with Gasteiger partial charge in [0.15, 0.2) is 11.5 Å². The van der Waals surface area contributed by atoms with E-state index in [-0.39, 0.29) is 5.70 Å². The summed E-state index contributed by atoms with van der Waals surface area (Å²) < 4.78 is 18.4. The predicted molar refractivity (Wildman–Crippen MR) is 104 cm³/mol. The second kappa shape index (κ2) is 7.67. The van der Waals surface area contributed by atoms with Crippen LogP contribution < -0.4 is 14.2 Å². The summed E-state index contributed by atoms with van der Waals surface area (Å²) in [6.07, 6.45) is 0.668. The van der Waals surface area contributed by atoms with Crippen molar-refractivity contribution in [3.8, 4) is 17.2 Å². The molecule has 8 heteroatoms. The lowest BCUT2D eigenvalue weighted by Crippen LogP contribution is -2.20. The number of nitrogens with zero attached hydrogens (tertiary/aromatic N) is 1. The van der Waals surface area contributed by atoms with Gasteiger partial charge >= 0.3 is 0 Å². The van der Waals surface area contributed by atoms with Crippen molar-refractivity contribution in [1.29, 1.82) is 0 Å². The fraction of sp³-hybridized carbons (Fsp3) is 0.222. The van der Waals surface area contributed by atoms with E-state index >= 15 is 0 Å². The molecule has 0 bridgehead atoms. The van der Waals surface area contributed by atoms with E-state index in [1.165, 1.54) is 13.2 Å². The lowest BCUT2D eigenvalue weighted by atomic mass is 10.0. The molecule has 0 aromatic heterocycles. The molecule has 1 heterocycles. The van der Waals surface area contributed by atoms with Crippen LogP contribution in [0.5, 0.6) is 17.2 Å². The molecule has 26 heavy (non-hydrogen) atoms. The molecule has 136 valence electrons. The first-order valence-corrected chi connectivity index (χ1v) is 9.35. The summed E-state index contributed by atoms with van der Waals surface area (Å²) in [4.78, 5) is 11.2. The molecule has 0 saturated carbocycles. The summed E-state index contributed by atoms with van der Waals surface area (Å²) in [6.45, 7) is 2.36. The monoisotopic (exact) mass is 483 g/mol. The van der Waals surface area contributed by atoms with Gasteiger partial charge in [0.1, 0.15) is 5.75 Å². The third-order valence-corrected chi connectivity index (χ3v) is 4.89. The first-order valence-electron chi connectivity index (χ1n) is 7.77. The number of fused-ring (bicyclic) bond motifs is 1. The van der Waals surface area contributed by atoms with Crippen LogP contribution in [0.15, 0.2) is 45.0 Å². The van der Waals surface area contributed by atoms with Crippen LogP contribution >= 0.6 is 31.9 Å². The van der Waals surface area contributed by atoms with Crippen LogP contribution in [-0.2, 0) is 0 Å². The van der Waals surface area contributed by atoms with Gasteiger partial charge in [0.05, 0.1) is 23.1 Å². The first-order chi connectivity index (χ1) is 12.4. The molecule has 0 radical (unpaired) electrons. The first kappa shape index (κ1) is 18.7. The minimum absolute atomic E-state index is 0.0475. The van der Waals surface area contributed by atoms with Gasteiger partial charge in [0.2, 0.25) is 6.10 Å². The number of halogens is 2. The van der Waals surface area contributed by atoms with Gasteiger partial charge in [-0.2, -0.15) is 0 Å². The average molecular weight is 485 g/mol. The number of rotatable bonds is 5. The van der Waals surface area contributed by atoms with Crippen LogP contribution in [0.3, 0.4) is 0 Å². The molecule has 0 unspecified atom stereocenters. The minimum Gasteiger partial charge on any atom is -0.493 e. The molecule has 1 aliphatic rings. The summed E-state index contributed by atoms with van der Waals surface area (Å²) in [7, 11) is 1.52. The van der Waals surface area contributed by atoms with Crippen molar-refractivity contribution in [3.05, 3.63) is 66.2 Å². The zero-order valence-corrected chi connectivity index (χ0v) is 17.2. The normalized spacial score (nSPS) is 15.5. The second-order valence-corrected chi connectivity index (χ2v) is 7.24. The fourth-order valence-electron chi connectivity index (χ4n) is 2.73. The van der Waals surface area contributed by atoms with E-state index in [0.29, 0.717) is 39.5 Å². The number of nitro groups is 1. The van der Waals surface area contributed by atoms with Crippen molar-refractivity contribution < 1.29 is 19.1 Å². The highest BCUT2D eigenvalue weighted by Gasteiger charge is 2.34. The molecule has 3 rings (SSSR count). The van der Waals surface area contributed by atoms with E-state index in [1.807, 2.05) is 13.0 Å². The molecule has 0 saturated heterocycles. The van der Waals surface area contributed by atoms with Crippen LogP contribution in [0.25, 0.3) is 6.08 Å². The lowest BCUT2D eigenvalue weighted by Gasteiger charge is -2.24. The highest BCUT2D eigenvalue weighted by molar-refractivity contribution is 9.11. The summed E-state index contributed by atoms with van der Waals surface area (Å²) in [5.41, 5.74) is 1.19. The number of hydrogen-bond donors (Lipinski definition) is 0. The maximum absolute atomic E-state index is 11.6. The van der Waals surface area contributed by atoms with Crippen LogP contribution in [0.2, 0.25) is 0 Å². The van der Waals surface area contributed by atoms with Crippen molar-refractivity contribution in [1.82, 2.24) is 0 Å². The maximum Gasteiger partial charge on any atom is 0.291 e. The summed E-state index contributed by atoms with van der Waals surface area (Å²) in [6, 6.07) is 8.78. The number of methoxy groups -OCH3 is 1. The van der Waals surface area contributed by atoms with Gasteiger partial charge in [0, 0.05) is 21.7 Å². The summed E-state index contributed by atoms with van der Waals surface area (Å²) in [5, 5.41) is 11.6. The Bertz CT molecular complexity index is 897. The Kier molecular flexibility index (Phi) is 5.52. The molecule has 2 aromatic carbocycles. The molecule has 0 amide bonds. The fourth-order valence-corrected chi connectivity index (χ4v) is 4.09. The van der Waals surface area contributed by atoms with Gasteiger partial charge in [-0.3, -0.25) is 10.1 Å². The summed E-state index contributed by atoms with van der Waals surface area (Å²) >= 11 is 6.84. The number of ether oxygens (including phenoxy) is 3. The third kappa shape index (κ3) is 3.57. The van der Waals surface area contributed by atoms with Gasteiger partial charge in [-0.05, 0) is 47.1 Å². The Morgan fingerprint density at radius 1 is 1.23 bits per heavy atom. The number of hydrogen-bond acceptors (Lipinski definition) is 5. The molecule has 2 aromatic rings. The van der Waals surface area contributed by atoms with Crippen molar-refractivity contribution in [2.75, 3.05) is 13.7 Å². The predicted octanol–water partition coefficient (Wildman–Crippen LogP) is 5.37. The van der Waals surface area contributed by atoms with Crippen LogP contribution in [0.1, 0.15) is 24.2 Å². The smallest absolute Gasteiger partial charge is 0.291 e. The van der Waals surface area contributed by atoms with Crippen LogP contribution in [0, 0.1) is 10.1 Å². The Morgan fingerprint density at radius 3 is 2.65 bits per heavy atom. The van der Waals surface area contributed by atoms with E-state index in [1.54, 1.807) is 24.3 Å². The van der Waals surface area contributed by atoms with Crippen molar-refractivity contribution in [2.45, 2.75) is 13.0 Å². The van der Waals surface area contributed by atoms with E-state index in [4.69, 9.17) is 14.2 Å². The Balaban J connectivity index is 2.09.